The molecule has 0 saturated carbocycles. The molecule has 6 heteroatoms. The number of halogens is 1. The minimum atomic E-state index is -0.295. The monoisotopic (exact) mass is 245 g/mol. The summed E-state index contributed by atoms with van der Waals surface area (Å²) in [4.78, 5) is 11.1. The van der Waals surface area contributed by atoms with E-state index in [-0.39, 0.29) is 12.5 Å². The van der Waals surface area contributed by atoms with Crippen molar-refractivity contribution in [1.82, 2.24) is 15.5 Å². The lowest BCUT2D eigenvalue weighted by Gasteiger charge is -1.93. The third-order valence-electron chi connectivity index (χ3n) is 0.946. The maximum absolute atomic E-state index is 11.1. The lowest BCUT2D eigenvalue weighted by Crippen LogP contribution is -2.23. The van der Waals surface area contributed by atoms with Crippen LogP contribution in [0.5, 0.6) is 0 Å². The van der Waals surface area contributed by atoms with E-state index < -0.39 is 0 Å². The molecule has 1 aromatic heterocycles. The zero-order valence-corrected chi connectivity index (χ0v) is 8.28. The fourth-order valence-corrected chi connectivity index (χ4v) is 1.53. The maximum atomic E-state index is 11.1. The second-order valence-electron chi connectivity index (χ2n) is 1.75. The van der Waals surface area contributed by atoms with Gasteiger partial charge in [-0.05, 0) is 15.9 Å². The highest BCUT2D eigenvalue weighted by molar-refractivity contribution is 9.11. The van der Waals surface area contributed by atoms with Crippen LogP contribution in [0.2, 0.25) is 0 Å². The van der Waals surface area contributed by atoms with Crippen LogP contribution in [0.15, 0.2) is 3.92 Å². The number of carbonyl (C=O) groups is 1. The number of amides is 1. The Labute approximate surface area is 81.5 Å². The smallest absolute Gasteiger partial charge is 0.283 e. The molecule has 12 heavy (non-hydrogen) atoms. The average molecular weight is 246 g/mol. The van der Waals surface area contributed by atoms with Crippen molar-refractivity contribution in [3.8, 4) is 12.3 Å². The van der Waals surface area contributed by atoms with Gasteiger partial charge in [-0.1, -0.05) is 17.3 Å². The van der Waals surface area contributed by atoms with E-state index >= 15 is 0 Å². The highest BCUT2D eigenvalue weighted by Crippen LogP contribution is 2.14. The summed E-state index contributed by atoms with van der Waals surface area (Å²) in [5.74, 6) is 1.99. The van der Waals surface area contributed by atoms with Gasteiger partial charge >= 0.3 is 0 Å². The van der Waals surface area contributed by atoms with E-state index in [1.807, 2.05) is 0 Å². The van der Waals surface area contributed by atoms with Gasteiger partial charge in [0.15, 0.2) is 3.92 Å². The SMILES string of the molecule is C#CCNC(=O)c1nnc(Br)s1. The molecular formula is C6H4BrN3OS. The summed E-state index contributed by atoms with van der Waals surface area (Å²) in [6.45, 7) is 0.204. The van der Waals surface area contributed by atoms with Crippen LogP contribution in [-0.4, -0.2) is 22.6 Å². The first-order valence-corrected chi connectivity index (χ1v) is 4.55. The van der Waals surface area contributed by atoms with Gasteiger partial charge in [0, 0.05) is 0 Å². The Morgan fingerprint density at radius 3 is 3.00 bits per heavy atom. The van der Waals surface area contributed by atoms with E-state index in [9.17, 15) is 4.79 Å². The van der Waals surface area contributed by atoms with Gasteiger partial charge < -0.3 is 5.32 Å². The van der Waals surface area contributed by atoms with E-state index in [0.29, 0.717) is 8.92 Å². The van der Waals surface area contributed by atoms with Crippen molar-refractivity contribution >= 4 is 33.2 Å². The summed E-state index contributed by atoms with van der Waals surface area (Å²) in [7, 11) is 0. The molecule has 0 unspecified atom stereocenters. The number of nitrogens with one attached hydrogen (secondary N) is 1. The zero-order valence-electron chi connectivity index (χ0n) is 5.87. The van der Waals surface area contributed by atoms with Gasteiger partial charge in [0.2, 0.25) is 5.01 Å². The molecule has 4 nitrogen and oxygen atoms in total. The van der Waals surface area contributed by atoms with Crippen molar-refractivity contribution in [2.45, 2.75) is 0 Å². The number of nitrogens with zero attached hydrogens (tertiary/aromatic N) is 2. The average Bonchev–Trinajstić information content (AvgIpc) is 2.47. The molecule has 0 bridgehead atoms. The van der Waals surface area contributed by atoms with Gasteiger partial charge in [0.25, 0.3) is 5.91 Å². The van der Waals surface area contributed by atoms with Crippen molar-refractivity contribution in [2.24, 2.45) is 0 Å². The van der Waals surface area contributed by atoms with E-state index in [0.717, 1.165) is 11.3 Å². The molecule has 1 rings (SSSR count). The van der Waals surface area contributed by atoms with Gasteiger partial charge in [0.1, 0.15) is 0 Å². The van der Waals surface area contributed by atoms with Gasteiger partial charge in [-0.3, -0.25) is 4.79 Å². The fraction of sp³-hybridized carbons (Fsp3) is 0.167. The largest absolute Gasteiger partial charge is 0.339 e. The molecule has 1 amide bonds. The summed E-state index contributed by atoms with van der Waals surface area (Å²) in [6, 6.07) is 0. The molecule has 62 valence electrons. The van der Waals surface area contributed by atoms with Gasteiger partial charge in [-0.15, -0.1) is 16.6 Å². The van der Waals surface area contributed by atoms with Crippen molar-refractivity contribution in [2.75, 3.05) is 6.54 Å². The Balaban J connectivity index is 2.61. The van der Waals surface area contributed by atoms with Crippen LogP contribution in [0.1, 0.15) is 9.80 Å². The molecule has 1 N–H and O–H groups in total. The standard InChI is InChI=1S/C6H4BrN3OS/c1-2-3-8-4(11)5-9-10-6(7)12-5/h1H,3H2,(H,8,11). The van der Waals surface area contributed by atoms with Crippen molar-refractivity contribution < 1.29 is 4.79 Å². The Bertz CT molecular complexity index is 330. The first kappa shape index (κ1) is 9.16. The zero-order chi connectivity index (χ0) is 8.97. The summed E-state index contributed by atoms with van der Waals surface area (Å²) < 4.78 is 0.577. The number of aromatic nitrogens is 2. The minimum Gasteiger partial charge on any atom is -0.339 e. The van der Waals surface area contributed by atoms with E-state index in [2.05, 4.69) is 37.4 Å². The molecule has 0 saturated heterocycles. The quantitative estimate of drug-likeness (QED) is 0.780. The van der Waals surface area contributed by atoms with Crippen LogP contribution >= 0.6 is 27.3 Å². The van der Waals surface area contributed by atoms with Crippen LogP contribution in [0.25, 0.3) is 0 Å². The molecule has 1 aromatic rings. The summed E-state index contributed by atoms with van der Waals surface area (Å²) >= 11 is 4.25. The second-order valence-corrected chi connectivity index (χ2v) is 4.00. The molecular weight excluding hydrogens is 242 g/mol. The van der Waals surface area contributed by atoms with Crippen LogP contribution in [-0.2, 0) is 0 Å². The van der Waals surface area contributed by atoms with Gasteiger partial charge in [-0.25, -0.2) is 0 Å². The van der Waals surface area contributed by atoms with Crippen molar-refractivity contribution in [3.05, 3.63) is 8.92 Å². The van der Waals surface area contributed by atoms with Crippen molar-refractivity contribution in [3.63, 3.8) is 0 Å². The Kier molecular flexibility index (Phi) is 3.19. The molecule has 0 radical (unpaired) electrons. The Morgan fingerprint density at radius 2 is 2.50 bits per heavy atom. The lowest BCUT2D eigenvalue weighted by molar-refractivity contribution is 0.0957. The number of terminal acetylenes is 1. The third kappa shape index (κ3) is 2.29. The molecule has 0 spiro atoms. The highest BCUT2D eigenvalue weighted by Gasteiger charge is 2.09. The number of hydrogen-bond acceptors (Lipinski definition) is 4. The normalized spacial score (nSPS) is 9.00. The first-order valence-electron chi connectivity index (χ1n) is 2.94. The number of hydrogen-bond donors (Lipinski definition) is 1. The van der Waals surface area contributed by atoms with E-state index in [4.69, 9.17) is 6.42 Å². The van der Waals surface area contributed by atoms with Gasteiger partial charge in [-0.2, -0.15) is 0 Å². The van der Waals surface area contributed by atoms with Crippen LogP contribution in [0, 0.1) is 12.3 Å². The van der Waals surface area contributed by atoms with E-state index in [1.165, 1.54) is 0 Å². The number of rotatable bonds is 2. The third-order valence-corrected chi connectivity index (χ3v) is 2.30. The molecule has 0 aliphatic carbocycles. The number of carbonyl (C=O) groups excluding carboxylic acids is 1. The second kappa shape index (κ2) is 4.18. The predicted molar refractivity (Wildman–Crippen MR) is 48.8 cm³/mol. The molecule has 0 fully saturated rings. The Hall–Kier alpha value is -0.930. The molecule has 0 aliphatic rings. The van der Waals surface area contributed by atoms with Crippen LogP contribution < -0.4 is 5.32 Å². The summed E-state index contributed by atoms with van der Waals surface area (Å²) in [5.41, 5.74) is 0. The molecule has 0 atom stereocenters. The molecule has 1 heterocycles. The maximum Gasteiger partial charge on any atom is 0.283 e. The highest BCUT2D eigenvalue weighted by atomic mass is 79.9. The van der Waals surface area contributed by atoms with Crippen LogP contribution in [0.4, 0.5) is 0 Å². The molecule has 0 aromatic carbocycles. The van der Waals surface area contributed by atoms with Gasteiger partial charge in [0.05, 0.1) is 6.54 Å². The summed E-state index contributed by atoms with van der Waals surface area (Å²) in [6.07, 6.45) is 4.95. The first-order chi connectivity index (χ1) is 5.74. The van der Waals surface area contributed by atoms with Crippen molar-refractivity contribution in [1.29, 1.82) is 0 Å². The topological polar surface area (TPSA) is 54.9 Å². The van der Waals surface area contributed by atoms with E-state index in [1.54, 1.807) is 0 Å². The lowest BCUT2D eigenvalue weighted by atomic mass is 10.6. The predicted octanol–water partition coefficient (Wildman–Crippen LogP) is 0.664. The van der Waals surface area contributed by atoms with Crippen LogP contribution in [0.3, 0.4) is 0 Å². The molecule has 0 aliphatic heterocycles. The Morgan fingerprint density at radius 1 is 1.75 bits per heavy atom. The summed E-state index contributed by atoms with van der Waals surface area (Å²) in [5, 5.41) is 10.0. The minimum absolute atomic E-state index is 0.204. The fourth-order valence-electron chi connectivity index (χ4n) is 0.504.